The summed E-state index contributed by atoms with van der Waals surface area (Å²) in [6, 6.07) is 5.70. The van der Waals surface area contributed by atoms with Crippen LogP contribution < -0.4 is 0 Å². The van der Waals surface area contributed by atoms with Gasteiger partial charge in [0.25, 0.3) is 0 Å². The van der Waals surface area contributed by atoms with Crippen LogP contribution >= 0.6 is 0 Å². The second kappa shape index (κ2) is 8.46. The van der Waals surface area contributed by atoms with Gasteiger partial charge in [-0.3, -0.25) is 9.36 Å². The molecule has 0 aliphatic heterocycles. The van der Waals surface area contributed by atoms with Gasteiger partial charge in [-0.15, -0.1) is 0 Å². The normalized spacial score (nSPS) is 16.9. The van der Waals surface area contributed by atoms with Crippen LogP contribution in [0.3, 0.4) is 0 Å². The number of aromatic nitrogens is 5. The van der Waals surface area contributed by atoms with Crippen molar-refractivity contribution in [3.8, 4) is 22.4 Å². The third-order valence-corrected chi connectivity index (χ3v) is 6.59. The van der Waals surface area contributed by atoms with Crippen molar-refractivity contribution in [3.63, 3.8) is 0 Å². The number of alkyl halides is 5. The van der Waals surface area contributed by atoms with Crippen LogP contribution in [0.5, 0.6) is 0 Å². The van der Waals surface area contributed by atoms with Gasteiger partial charge >= 0.3 is 6.18 Å². The van der Waals surface area contributed by atoms with Crippen LogP contribution in [0.25, 0.3) is 33.3 Å². The SMILES string of the molecule is Cc1noc(C)c1-c1ccc2c(-c3cnn(CC(F)(F)F)c3)nn(CC3CCC(F)(F)CC3)c2c1. The number of rotatable bonds is 5. The summed E-state index contributed by atoms with van der Waals surface area (Å²) in [5.74, 6) is -1.94. The first kappa shape index (κ1) is 23.5. The van der Waals surface area contributed by atoms with Crippen molar-refractivity contribution in [2.45, 2.75) is 64.7 Å². The van der Waals surface area contributed by atoms with Crippen molar-refractivity contribution < 1.29 is 26.5 Å². The lowest BCUT2D eigenvalue weighted by molar-refractivity contribution is -0.142. The predicted molar refractivity (Wildman–Crippen MR) is 119 cm³/mol. The Bertz CT molecular complexity index is 1340. The Hall–Kier alpha value is -3.24. The number of benzene rings is 1. The lowest BCUT2D eigenvalue weighted by Crippen LogP contribution is -2.27. The fraction of sp³-hybridized carbons (Fsp3) is 0.458. The Balaban J connectivity index is 1.56. The molecule has 35 heavy (non-hydrogen) atoms. The number of halogens is 5. The zero-order chi connectivity index (χ0) is 25.0. The maximum absolute atomic E-state index is 13.7. The van der Waals surface area contributed by atoms with Gasteiger partial charge in [0.15, 0.2) is 0 Å². The first-order valence-electron chi connectivity index (χ1n) is 11.4. The maximum atomic E-state index is 13.7. The molecule has 4 aromatic rings. The van der Waals surface area contributed by atoms with E-state index in [9.17, 15) is 22.0 Å². The van der Waals surface area contributed by atoms with Crippen LogP contribution in [-0.2, 0) is 13.1 Å². The third-order valence-electron chi connectivity index (χ3n) is 6.59. The van der Waals surface area contributed by atoms with E-state index in [1.807, 2.05) is 32.0 Å². The quantitative estimate of drug-likeness (QED) is 0.296. The first-order valence-corrected chi connectivity index (χ1v) is 11.4. The summed E-state index contributed by atoms with van der Waals surface area (Å²) in [7, 11) is 0. The highest BCUT2D eigenvalue weighted by atomic mass is 19.4. The predicted octanol–water partition coefficient (Wildman–Crippen LogP) is 6.56. The standard InChI is InChI=1S/C24H24F5N5O/c1-14-21(15(2)35-32-14)17-3-4-19-20(9-17)34(11-16-5-7-23(25,26)8-6-16)31-22(19)18-10-30-33(12-18)13-24(27,28)29/h3-4,9-10,12,16H,5-8,11,13H2,1-2H3. The fourth-order valence-corrected chi connectivity index (χ4v) is 4.86. The van der Waals surface area contributed by atoms with E-state index in [2.05, 4.69) is 10.3 Å². The molecule has 0 saturated heterocycles. The summed E-state index contributed by atoms with van der Waals surface area (Å²) in [4.78, 5) is 0. The topological polar surface area (TPSA) is 61.7 Å². The van der Waals surface area contributed by atoms with Crippen molar-refractivity contribution >= 4 is 10.9 Å². The molecular formula is C24H24F5N5O. The molecule has 0 bridgehead atoms. The van der Waals surface area contributed by atoms with Gasteiger partial charge in [0, 0.05) is 42.1 Å². The fourth-order valence-electron chi connectivity index (χ4n) is 4.86. The Morgan fingerprint density at radius 1 is 1.11 bits per heavy atom. The summed E-state index contributed by atoms with van der Waals surface area (Å²) >= 11 is 0. The van der Waals surface area contributed by atoms with E-state index in [1.54, 1.807) is 4.68 Å². The van der Waals surface area contributed by atoms with Crippen LogP contribution in [0.1, 0.15) is 37.1 Å². The average Bonchev–Trinajstić information content (AvgIpc) is 3.46. The lowest BCUT2D eigenvalue weighted by atomic mass is 9.87. The molecule has 1 aliphatic carbocycles. The Morgan fingerprint density at radius 2 is 1.86 bits per heavy atom. The van der Waals surface area contributed by atoms with Crippen molar-refractivity contribution in [3.05, 3.63) is 42.0 Å². The number of aryl methyl sites for hydroxylation is 2. The molecule has 186 valence electrons. The lowest BCUT2D eigenvalue weighted by Gasteiger charge is -2.28. The molecule has 3 heterocycles. The third kappa shape index (κ3) is 4.81. The number of fused-ring (bicyclic) bond motifs is 1. The molecule has 3 aromatic heterocycles. The molecule has 1 aromatic carbocycles. The van der Waals surface area contributed by atoms with Gasteiger partial charge < -0.3 is 4.52 Å². The Morgan fingerprint density at radius 3 is 2.51 bits per heavy atom. The van der Waals surface area contributed by atoms with Gasteiger partial charge in [-0.25, -0.2) is 8.78 Å². The first-order chi connectivity index (χ1) is 16.5. The molecule has 11 heteroatoms. The van der Waals surface area contributed by atoms with Gasteiger partial charge in [0.05, 0.1) is 17.4 Å². The maximum Gasteiger partial charge on any atom is 0.408 e. The zero-order valence-corrected chi connectivity index (χ0v) is 19.2. The Kier molecular flexibility index (Phi) is 5.68. The Labute approximate surface area is 197 Å². The summed E-state index contributed by atoms with van der Waals surface area (Å²) < 4.78 is 73.7. The molecule has 0 atom stereocenters. The molecule has 0 N–H and O–H groups in total. The van der Waals surface area contributed by atoms with Crippen LogP contribution in [0.15, 0.2) is 35.1 Å². The van der Waals surface area contributed by atoms with E-state index in [-0.39, 0.29) is 18.8 Å². The number of nitrogens with zero attached hydrogens (tertiary/aromatic N) is 5. The van der Waals surface area contributed by atoms with E-state index >= 15 is 0 Å². The largest absolute Gasteiger partial charge is 0.408 e. The highest BCUT2D eigenvalue weighted by molar-refractivity contribution is 5.95. The highest BCUT2D eigenvalue weighted by Crippen LogP contribution is 2.38. The highest BCUT2D eigenvalue weighted by Gasteiger charge is 2.35. The minimum absolute atomic E-state index is 0.0289. The van der Waals surface area contributed by atoms with Gasteiger partial charge in [0.2, 0.25) is 5.92 Å². The van der Waals surface area contributed by atoms with Crippen LogP contribution in [0, 0.1) is 19.8 Å². The van der Waals surface area contributed by atoms with Crippen LogP contribution in [0.2, 0.25) is 0 Å². The monoisotopic (exact) mass is 493 g/mol. The summed E-state index contributed by atoms with van der Waals surface area (Å²) in [6.45, 7) is 2.90. The average molecular weight is 493 g/mol. The summed E-state index contributed by atoms with van der Waals surface area (Å²) in [5, 5.41) is 13.3. The van der Waals surface area contributed by atoms with Crippen molar-refractivity contribution in [2.75, 3.05) is 0 Å². The molecule has 0 unspecified atom stereocenters. The minimum atomic E-state index is -4.39. The molecule has 5 rings (SSSR count). The number of hydrogen-bond acceptors (Lipinski definition) is 4. The molecule has 6 nitrogen and oxygen atoms in total. The van der Waals surface area contributed by atoms with Gasteiger partial charge in [-0.2, -0.15) is 23.4 Å². The molecule has 1 saturated carbocycles. The minimum Gasteiger partial charge on any atom is -0.361 e. The van der Waals surface area contributed by atoms with Crippen LogP contribution in [-0.4, -0.2) is 36.8 Å². The zero-order valence-electron chi connectivity index (χ0n) is 19.2. The molecule has 1 fully saturated rings. The van der Waals surface area contributed by atoms with Gasteiger partial charge in [0.1, 0.15) is 18.0 Å². The molecule has 1 aliphatic rings. The second-order valence-corrected chi connectivity index (χ2v) is 9.30. The molecule has 0 radical (unpaired) electrons. The second-order valence-electron chi connectivity index (χ2n) is 9.30. The van der Waals surface area contributed by atoms with E-state index in [4.69, 9.17) is 9.62 Å². The molecule has 0 amide bonds. The summed E-state index contributed by atoms with van der Waals surface area (Å²) in [6.07, 6.45) is -1.24. The van der Waals surface area contributed by atoms with Crippen LogP contribution in [0.4, 0.5) is 22.0 Å². The van der Waals surface area contributed by atoms with E-state index in [0.29, 0.717) is 36.4 Å². The van der Waals surface area contributed by atoms with Crippen molar-refractivity contribution in [2.24, 2.45) is 5.92 Å². The van der Waals surface area contributed by atoms with E-state index in [1.165, 1.54) is 12.4 Å². The van der Waals surface area contributed by atoms with Gasteiger partial charge in [-0.05, 0) is 50.3 Å². The smallest absolute Gasteiger partial charge is 0.361 e. The number of hydrogen-bond donors (Lipinski definition) is 0. The van der Waals surface area contributed by atoms with Crippen molar-refractivity contribution in [1.82, 2.24) is 24.7 Å². The van der Waals surface area contributed by atoms with Gasteiger partial charge in [-0.1, -0.05) is 11.2 Å². The van der Waals surface area contributed by atoms with E-state index < -0.39 is 18.6 Å². The molecule has 0 spiro atoms. The van der Waals surface area contributed by atoms with Crippen molar-refractivity contribution in [1.29, 1.82) is 0 Å². The van der Waals surface area contributed by atoms with E-state index in [0.717, 1.165) is 32.4 Å². The summed E-state index contributed by atoms with van der Waals surface area (Å²) in [5.41, 5.74) is 4.17. The molecular weight excluding hydrogens is 469 g/mol.